The van der Waals surface area contributed by atoms with Gasteiger partial charge >= 0.3 is 71.8 Å². The van der Waals surface area contributed by atoms with Crippen LogP contribution in [0.2, 0.25) is 30.1 Å². The van der Waals surface area contributed by atoms with Crippen LogP contribution in [0.5, 0.6) is 0 Å². The summed E-state index contributed by atoms with van der Waals surface area (Å²) in [6.45, 7) is 6.93. The fraction of sp³-hybridized carbons (Fsp3) is 0.111. The summed E-state index contributed by atoms with van der Waals surface area (Å²) >= 11 is 38.0. The number of thiazole rings is 1. The molecule has 0 spiro atoms. The molecule has 1 aliphatic rings. The van der Waals surface area contributed by atoms with Gasteiger partial charge in [0.05, 0.1) is 103 Å². The minimum absolute atomic E-state index is 0. The number of aromatic nitrogens is 2. The Bertz CT molecular complexity index is 6820. The number of halogens is 12. The molecule has 0 saturated carbocycles. The van der Waals surface area contributed by atoms with Crippen LogP contribution in [-0.4, -0.2) is 104 Å². The number of carboxylic acids is 4. The Morgan fingerprint density at radius 3 is 1.39 bits per heavy atom. The summed E-state index contributed by atoms with van der Waals surface area (Å²) in [4.78, 5) is 76.6. The van der Waals surface area contributed by atoms with Crippen molar-refractivity contribution in [3.8, 4) is 0 Å². The normalized spacial score (nSPS) is 11.4. The molecule has 0 radical (unpaired) electrons. The van der Waals surface area contributed by atoms with Crippen LogP contribution >= 0.6 is 80.9 Å². The van der Waals surface area contributed by atoms with Crippen LogP contribution in [0.25, 0.3) is 5.76 Å². The number of aliphatic carboxylic acids is 1. The predicted molar refractivity (Wildman–Crippen MR) is 527 cm³/mol. The number of carboxylic acid groups (broad SMARTS) is 4. The molecule has 0 saturated heterocycles. The first-order chi connectivity index (χ1) is 65.5. The van der Waals surface area contributed by atoms with Gasteiger partial charge in [-0.05, 0) is 208 Å². The Balaban J connectivity index is 0.000000199. The number of rotatable bonds is 23. The number of benzene rings is 12. The van der Waals surface area contributed by atoms with E-state index in [0.717, 1.165) is 61.5 Å². The van der Waals surface area contributed by atoms with Crippen LogP contribution < -0.4 is 71.9 Å². The molecule has 3 heterocycles. The van der Waals surface area contributed by atoms with Crippen LogP contribution in [0.15, 0.2) is 302 Å². The number of amides is 1. The molecule has 15 rings (SSSR count). The van der Waals surface area contributed by atoms with E-state index in [1.807, 2.05) is 76.2 Å². The number of aromatic carboxylic acids is 3. The van der Waals surface area contributed by atoms with Gasteiger partial charge < -0.3 is 67.3 Å². The summed E-state index contributed by atoms with van der Waals surface area (Å²) in [6, 6.07) is 74.8. The van der Waals surface area contributed by atoms with Crippen molar-refractivity contribution in [2.75, 3.05) is 57.5 Å². The fourth-order valence-electron chi connectivity index (χ4n) is 12.4. The van der Waals surface area contributed by atoms with Crippen molar-refractivity contribution in [1.29, 1.82) is 0 Å². The van der Waals surface area contributed by atoms with E-state index >= 15 is 0 Å². The first-order valence-corrected chi connectivity index (χ1v) is 45.2. The second-order valence-corrected chi connectivity index (χ2v) is 34.7. The number of para-hydroxylation sites is 7. The molecule has 25 nitrogen and oxygen atoms in total. The van der Waals surface area contributed by atoms with Crippen molar-refractivity contribution in [3.63, 3.8) is 0 Å². The van der Waals surface area contributed by atoms with Crippen LogP contribution in [-0.2, 0) is 54.3 Å². The largest absolute Gasteiger partial charge is 1.00 e. The fourth-order valence-corrected chi connectivity index (χ4v) is 15.9. The molecule has 0 atom stereocenters. The molecule has 2 aromatic heterocycles. The number of esters is 1. The van der Waals surface area contributed by atoms with Gasteiger partial charge in [0, 0.05) is 58.3 Å². The minimum Gasteiger partial charge on any atom is -0.854 e. The molecule has 12 N–H and O–H groups in total. The van der Waals surface area contributed by atoms with Crippen molar-refractivity contribution in [3.05, 3.63) is 393 Å². The third kappa shape index (κ3) is 32.4. The summed E-state index contributed by atoms with van der Waals surface area (Å²) in [6.07, 6.45) is -5.21. The van der Waals surface area contributed by atoms with Crippen molar-refractivity contribution in [1.82, 2.24) is 14.3 Å². The summed E-state index contributed by atoms with van der Waals surface area (Å²) in [7, 11) is -2.67. The maximum absolute atomic E-state index is 12.6. The van der Waals surface area contributed by atoms with Gasteiger partial charge in [-0.25, -0.2) is 37.6 Å². The number of alkyl halides is 6. The number of pyridine rings is 1. The third-order valence-electron chi connectivity index (χ3n) is 19.4. The maximum atomic E-state index is 12.6. The number of aliphatic hydroxyl groups excluding tert-OH is 1. The third-order valence-corrected chi connectivity index (χ3v) is 24.1. The van der Waals surface area contributed by atoms with Gasteiger partial charge in [-0.2, -0.15) is 26.3 Å². The first-order valence-electron chi connectivity index (χ1n) is 40.6. The number of fused-ring (bicyclic) bond motifs is 1. The van der Waals surface area contributed by atoms with Crippen molar-refractivity contribution < 1.29 is 128 Å². The Morgan fingerprint density at radius 2 is 0.899 bits per heavy atom. The standard InChI is InChI=1S/C16H13Cl2NO4.C15H15NO2.C14H11Cl2NO2.C14H12Cl2NO.C14H10F3NO2.C14H13N3O4S2.C12H9F3N2.Na/c17-11-5-3-6-12(18)16(11)19-13-7-2-1-4-10(13)8-15(22)23-9-14(20)21;1-10-6-5-9-13(11(10)2)16-14-8-4-3-7-12(14)15(17)18;1-8-6-7-10(15)13(12(8)16)17-11-5-3-2-4-9(11)14(18)19;15-11-5-3-6-12(16)14(11)17-13-7-2-1-4-10(13)8-9-18;15-14(16,17)9-4-3-5-10(8-9)18-12-7-2-1-6-11(12)13(19)20;1-8-7-15-14(22-8)16-13(19)11-12(18)9-5-3-4-6-10(9)23(20,21)17(11)2;13-12(14,15)9-4-3-5-10(8-9)17-11-6-1-2-7-16-11;/h1-7,19H,8-9H2,(H,20,21);3-9,16H,1-2H3,(H,17,18);2-7,17H,1H3,(H,18,19);1-7,17H,8-9H2;1-8,18H,(H,19,20);3-7,18H,1-2H3,(H,15,16,19);1-8H,(H,16,17);/q;;;-1;;;;+1. The number of nitrogens with zero attached hydrogens (tertiary/aromatic N) is 3. The van der Waals surface area contributed by atoms with Gasteiger partial charge in [0.25, 0.3) is 15.9 Å². The monoisotopic (exact) mass is 2060 g/mol. The first kappa shape index (κ1) is 111. The molecule has 0 bridgehead atoms. The predicted octanol–water partition coefficient (Wildman–Crippen LogP) is 23.0. The molecule has 139 heavy (non-hydrogen) atoms. The molecule has 14 aromatic rings. The average Bonchev–Trinajstić information content (AvgIpc) is 1.12. The van der Waals surface area contributed by atoms with E-state index in [1.54, 1.807) is 170 Å². The SMILES string of the molecule is Cc1ccc(Cl)c(Nc2ccccc2C(=O)O)c1Cl.Cc1cccc(Nc2ccccc2C(=O)O)c1C.Cc1cnc(NC(=O)C2=C(O)c3ccccc3S(=O)(=O)N2C)s1.FC(F)(F)c1cccc(Nc2ccccn2)c1.O=C(O)COC(=O)Cc1ccccc1Nc1c(Cl)cccc1Cl.O=C(O)c1ccccc1Nc1cccc(C(F)(F)F)c1.[Na+].[O-]CCc1ccccc1Nc1c(Cl)cccc1Cl. The smallest absolute Gasteiger partial charge is 0.854 e. The molecule has 1 aliphatic heterocycles. The molecule has 40 heteroatoms. The zero-order chi connectivity index (χ0) is 101. The Kier molecular flexibility index (Phi) is 41.8. The number of likely N-dealkylation sites (N-methyl/N-ethyl adjacent to an activating group) is 1. The van der Waals surface area contributed by atoms with E-state index in [9.17, 15) is 73.7 Å². The van der Waals surface area contributed by atoms with Crippen molar-refractivity contribution >= 4 is 206 Å². The van der Waals surface area contributed by atoms with Gasteiger partial charge in [0.15, 0.2) is 23.2 Å². The zero-order valence-electron chi connectivity index (χ0n) is 74.1. The number of carbonyl (C=O) groups is 6. The number of anilines is 13. The quantitative estimate of drug-likeness (QED) is 0.0161. The Hall–Kier alpha value is -13.4. The summed E-state index contributed by atoms with van der Waals surface area (Å²) in [5, 5.41) is 80.6. The summed E-state index contributed by atoms with van der Waals surface area (Å²) in [5.74, 6) is -5.54. The van der Waals surface area contributed by atoms with Crippen LogP contribution in [0, 0.1) is 27.7 Å². The number of aliphatic hydroxyl groups is 1. The Morgan fingerprint density at radius 1 is 0.468 bits per heavy atom. The topological polar surface area (TPSA) is 383 Å². The molecule has 0 aliphatic carbocycles. The van der Waals surface area contributed by atoms with E-state index in [0.29, 0.717) is 92.9 Å². The summed E-state index contributed by atoms with van der Waals surface area (Å²) in [5.41, 5.74) is 9.44. The van der Waals surface area contributed by atoms with E-state index in [4.69, 9.17) is 90.0 Å². The number of aryl methyl sites for hydroxylation is 3. The van der Waals surface area contributed by atoms with Crippen molar-refractivity contribution in [2.45, 2.75) is 57.8 Å². The summed E-state index contributed by atoms with van der Waals surface area (Å²) < 4.78 is 106. The van der Waals surface area contributed by atoms with Crippen LogP contribution in [0.4, 0.5) is 99.9 Å². The molecule has 0 fully saturated rings. The number of hydrogen-bond donors (Lipinski definition) is 12. The zero-order valence-corrected chi connectivity index (χ0v) is 82.2. The van der Waals surface area contributed by atoms with E-state index in [1.165, 1.54) is 72.5 Å². The van der Waals surface area contributed by atoms with E-state index in [2.05, 4.69) is 51.9 Å². The van der Waals surface area contributed by atoms with Crippen LogP contribution in [0.1, 0.15) is 80.5 Å². The maximum Gasteiger partial charge on any atom is 1.00 e. The number of hydrogen-bond acceptors (Lipinski definition) is 20. The molecular weight excluding hydrogens is 1980 g/mol. The molecule has 0 unspecified atom stereocenters. The number of nitrogens with one attached hydrogen (secondary N) is 7. The average molecular weight is 2070 g/mol. The molecular formula is C99H83Cl6F6N10NaO15S2. The number of sulfonamides is 1. The van der Waals surface area contributed by atoms with E-state index < -0.39 is 75.9 Å². The second kappa shape index (κ2) is 52.4. The second-order valence-electron chi connectivity index (χ2n) is 29.1. The van der Waals surface area contributed by atoms with Crippen LogP contribution in [0.3, 0.4) is 0 Å². The van der Waals surface area contributed by atoms with Gasteiger partial charge in [-0.1, -0.05) is 203 Å². The molecule has 12 aromatic carbocycles. The molecule has 716 valence electrons. The molecule has 1 amide bonds. The Labute approximate surface area is 850 Å². The number of carbonyl (C=O) groups excluding carboxylic acids is 2. The van der Waals surface area contributed by atoms with Gasteiger partial charge in [-0.3, -0.25) is 19.2 Å². The van der Waals surface area contributed by atoms with E-state index in [-0.39, 0.29) is 92.6 Å². The van der Waals surface area contributed by atoms with Gasteiger partial charge in [-0.15, -0.1) is 17.9 Å². The number of ether oxygens (including phenoxy) is 1. The minimum atomic E-state index is -4.44. The van der Waals surface area contributed by atoms with Crippen molar-refractivity contribution in [2.24, 2.45) is 0 Å². The van der Waals surface area contributed by atoms with Gasteiger partial charge in [0.1, 0.15) is 5.82 Å². The van der Waals surface area contributed by atoms with Gasteiger partial charge in [0.2, 0.25) is 0 Å².